The van der Waals surface area contributed by atoms with Crippen LogP contribution in [-0.4, -0.2) is 8.42 Å². The molecule has 0 aliphatic rings. The van der Waals surface area contributed by atoms with Gasteiger partial charge < -0.3 is 0 Å². The lowest BCUT2D eigenvalue weighted by Crippen LogP contribution is -2.09. The van der Waals surface area contributed by atoms with Crippen molar-refractivity contribution in [2.45, 2.75) is 11.5 Å². The van der Waals surface area contributed by atoms with Crippen molar-refractivity contribution in [3.8, 4) is 0 Å². The van der Waals surface area contributed by atoms with E-state index in [0.29, 0.717) is 10.6 Å². The summed E-state index contributed by atoms with van der Waals surface area (Å²) in [6, 6.07) is 8.61. The maximum absolute atomic E-state index is 13.6. The first-order chi connectivity index (χ1) is 9.78. The second-order valence-electron chi connectivity index (χ2n) is 4.48. The molecule has 2 rings (SSSR count). The highest BCUT2D eigenvalue weighted by molar-refractivity contribution is 7.89. The molecule has 0 bridgehead atoms. The first-order valence-corrected chi connectivity index (χ1v) is 8.81. The standard InChI is InChI=1S/C14H10Cl3FO2S/c15-11-2-1-3-14(18)10(11)8-21(19,20)7-9-4-5-12(16)13(17)6-9/h1-6H,7-8H2. The van der Waals surface area contributed by atoms with Crippen LogP contribution in [0.15, 0.2) is 36.4 Å². The summed E-state index contributed by atoms with van der Waals surface area (Å²) < 4.78 is 38.0. The molecule has 0 amide bonds. The fourth-order valence-electron chi connectivity index (χ4n) is 1.82. The van der Waals surface area contributed by atoms with Gasteiger partial charge in [-0.25, -0.2) is 12.8 Å². The fraction of sp³-hybridized carbons (Fsp3) is 0.143. The number of hydrogen-bond donors (Lipinski definition) is 0. The molecule has 2 aromatic carbocycles. The topological polar surface area (TPSA) is 34.1 Å². The van der Waals surface area contributed by atoms with Crippen LogP contribution in [0.25, 0.3) is 0 Å². The SMILES string of the molecule is O=S(=O)(Cc1ccc(Cl)c(Cl)c1)Cc1c(F)cccc1Cl. The summed E-state index contributed by atoms with van der Waals surface area (Å²) >= 11 is 17.5. The number of rotatable bonds is 4. The average Bonchev–Trinajstić information content (AvgIpc) is 2.38. The van der Waals surface area contributed by atoms with Crippen LogP contribution in [0, 0.1) is 5.82 Å². The molecule has 0 atom stereocenters. The van der Waals surface area contributed by atoms with E-state index in [4.69, 9.17) is 34.8 Å². The molecule has 112 valence electrons. The van der Waals surface area contributed by atoms with Crippen molar-refractivity contribution in [2.75, 3.05) is 0 Å². The Balaban J connectivity index is 2.25. The van der Waals surface area contributed by atoms with E-state index in [9.17, 15) is 12.8 Å². The summed E-state index contributed by atoms with van der Waals surface area (Å²) in [5, 5.41) is 0.705. The van der Waals surface area contributed by atoms with Gasteiger partial charge in [-0.3, -0.25) is 0 Å². The third kappa shape index (κ3) is 4.33. The Morgan fingerprint density at radius 2 is 1.62 bits per heavy atom. The minimum atomic E-state index is -3.59. The van der Waals surface area contributed by atoms with Gasteiger partial charge in [-0.1, -0.05) is 46.9 Å². The van der Waals surface area contributed by atoms with Gasteiger partial charge in [-0.05, 0) is 29.8 Å². The zero-order chi connectivity index (χ0) is 15.6. The van der Waals surface area contributed by atoms with Crippen LogP contribution in [0.3, 0.4) is 0 Å². The molecule has 0 saturated carbocycles. The largest absolute Gasteiger partial charge is 0.228 e. The second kappa shape index (κ2) is 6.53. The highest BCUT2D eigenvalue weighted by atomic mass is 35.5. The van der Waals surface area contributed by atoms with Gasteiger partial charge in [-0.2, -0.15) is 0 Å². The summed E-state index contributed by atoms with van der Waals surface area (Å²) in [6.07, 6.45) is 0. The normalized spacial score (nSPS) is 11.6. The molecule has 0 saturated heterocycles. The Kier molecular flexibility index (Phi) is 5.15. The Hall–Kier alpha value is -0.810. The minimum absolute atomic E-state index is 0.0285. The Morgan fingerprint density at radius 3 is 2.24 bits per heavy atom. The van der Waals surface area contributed by atoms with Crippen LogP contribution >= 0.6 is 34.8 Å². The van der Waals surface area contributed by atoms with E-state index in [1.54, 1.807) is 6.07 Å². The van der Waals surface area contributed by atoms with Gasteiger partial charge in [0.15, 0.2) is 9.84 Å². The summed E-state index contributed by atoms with van der Waals surface area (Å²) in [7, 11) is -3.59. The molecule has 0 N–H and O–H groups in total. The quantitative estimate of drug-likeness (QED) is 0.770. The van der Waals surface area contributed by atoms with E-state index in [1.807, 2.05) is 0 Å². The molecular weight excluding hydrogens is 358 g/mol. The summed E-state index contributed by atoms with van der Waals surface area (Å²) in [5.74, 6) is -1.38. The lowest BCUT2D eigenvalue weighted by Gasteiger charge is -2.08. The van der Waals surface area contributed by atoms with Gasteiger partial charge in [0.1, 0.15) is 5.82 Å². The molecule has 0 heterocycles. The summed E-state index contributed by atoms with van der Waals surface area (Å²) in [4.78, 5) is 0. The van der Waals surface area contributed by atoms with E-state index < -0.39 is 21.4 Å². The zero-order valence-corrected chi connectivity index (χ0v) is 13.7. The third-order valence-corrected chi connectivity index (χ3v) is 5.39. The molecule has 7 heteroatoms. The molecule has 0 aliphatic carbocycles. The van der Waals surface area contributed by atoms with E-state index in [-0.39, 0.29) is 21.4 Å². The van der Waals surface area contributed by atoms with Gasteiger partial charge in [-0.15, -0.1) is 0 Å². The molecule has 0 fully saturated rings. The summed E-state index contributed by atoms with van der Waals surface area (Å²) in [6.45, 7) is 0. The van der Waals surface area contributed by atoms with Crippen LogP contribution in [0.1, 0.15) is 11.1 Å². The van der Waals surface area contributed by atoms with E-state index in [1.165, 1.54) is 30.3 Å². The number of hydrogen-bond acceptors (Lipinski definition) is 2. The van der Waals surface area contributed by atoms with Gasteiger partial charge >= 0.3 is 0 Å². The highest BCUT2D eigenvalue weighted by Gasteiger charge is 2.18. The van der Waals surface area contributed by atoms with E-state index in [2.05, 4.69) is 0 Å². The maximum Gasteiger partial charge on any atom is 0.158 e. The Bertz CT molecular complexity index is 756. The fourth-order valence-corrected chi connectivity index (χ4v) is 3.98. The molecule has 21 heavy (non-hydrogen) atoms. The maximum atomic E-state index is 13.6. The molecule has 0 aromatic heterocycles. The van der Waals surface area contributed by atoms with Gasteiger partial charge in [0, 0.05) is 10.6 Å². The Morgan fingerprint density at radius 1 is 0.905 bits per heavy atom. The monoisotopic (exact) mass is 366 g/mol. The van der Waals surface area contributed by atoms with Crippen molar-refractivity contribution in [3.05, 3.63) is 68.4 Å². The summed E-state index contributed by atoms with van der Waals surface area (Å²) in [5.41, 5.74) is 0.455. The molecule has 0 spiro atoms. The minimum Gasteiger partial charge on any atom is -0.228 e. The van der Waals surface area contributed by atoms with Crippen molar-refractivity contribution in [2.24, 2.45) is 0 Å². The van der Waals surface area contributed by atoms with Gasteiger partial charge in [0.05, 0.1) is 21.6 Å². The van der Waals surface area contributed by atoms with Crippen molar-refractivity contribution in [1.29, 1.82) is 0 Å². The van der Waals surface area contributed by atoms with Crippen LogP contribution in [-0.2, 0) is 21.3 Å². The van der Waals surface area contributed by atoms with Crippen LogP contribution < -0.4 is 0 Å². The van der Waals surface area contributed by atoms with Gasteiger partial charge in [0.25, 0.3) is 0 Å². The molecule has 0 unspecified atom stereocenters. The lowest BCUT2D eigenvalue weighted by molar-refractivity contribution is 0.586. The predicted octanol–water partition coefficient (Wildman–Crippen LogP) is 4.90. The van der Waals surface area contributed by atoms with Crippen LogP contribution in [0.2, 0.25) is 15.1 Å². The van der Waals surface area contributed by atoms with Crippen molar-refractivity contribution in [3.63, 3.8) is 0 Å². The highest BCUT2D eigenvalue weighted by Crippen LogP contribution is 2.26. The molecule has 0 aliphatic heterocycles. The molecule has 2 aromatic rings. The predicted molar refractivity (Wildman–Crippen MR) is 84.2 cm³/mol. The van der Waals surface area contributed by atoms with Crippen molar-refractivity contribution >= 4 is 44.6 Å². The number of benzene rings is 2. The lowest BCUT2D eigenvalue weighted by atomic mass is 10.2. The third-order valence-electron chi connectivity index (χ3n) is 2.80. The second-order valence-corrected chi connectivity index (χ2v) is 7.77. The average molecular weight is 368 g/mol. The van der Waals surface area contributed by atoms with Crippen LogP contribution in [0.4, 0.5) is 4.39 Å². The van der Waals surface area contributed by atoms with Crippen molar-refractivity contribution < 1.29 is 12.8 Å². The van der Waals surface area contributed by atoms with Crippen LogP contribution in [0.5, 0.6) is 0 Å². The number of halogens is 4. The van der Waals surface area contributed by atoms with Gasteiger partial charge in [0.2, 0.25) is 0 Å². The Labute approximate surface area is 137 Å². The van der Waals surface area contributed by atoms with Crippen molar-refractivity contribution in [1.82, 2.24) is 0 Å². The smallest absolute Gasteiger partial charge is 0.158 e. The molecular formula is C14H10Cl3FO2S. The first kappa shape index (κ1) is 16.6. The van der Waals surface area contributed by atoms with E-state index >= 15 is 0 Å². The van der Waals surface area contributed by atoms with E-state index in [0.717, 1.165) is 0 Å². The zero-order valence-electron chi connectivity index (χ0n) is 10.6. The first-order valence-electron chi connectivity index (χ1n) is 5.86. The molecule has 0 radical (unpaired) electrons. The number of sulfone groups is 1. The molecule has 2 nitrogen and oxygen atoms in total.